The molecule has 0 saturated heterocycles. The molecule has 0 aromatic rings. The molecular formula is C8H19NOS. The molecule has 0 aliphatic rings. The fraction of sp³-hybridized carbons (Fsp3) is 1.00. The van der Waals surface area contributed by atoms with Crippen LogP contribution in [0.3, 0.4) is 0 Å². The molecule has 0 radical (unpaired) electrons. The van der Waals surface area contributed by atoms with Gasteiger partial charge in [-0.1, -0.05) is 0 Å². The van der Waals surface area contributed by atoms with Gasteiger partial charge in [0, 0.05) is 24.9 Å². The summed E-state index contributed by atoms with van der Waals surface area (Å²) >= 11 is 1.86. The minimum Gasteiger partial charge on any atom is -0.380 e. The molecule has 0 aliphatic carbocycles. The first-order chi connectivity index (χ1) is 5.31. The topological polar surface area (TPSA) is 21.3 Å². The van der Waals surface area contributed by atoms with Gasteiger partial charge in [-0.05, 0) is 20.1 Å². The monoisotopic (exact) mass is 177 g/mol. The van der Waals surface area contributed by atoms with E-state index in [0.29, 0.717) is 6.04 Å². The Kier molecular flexibility index (Phi) is 8.57. The van der Waals surface area contributed by atoms with Crippen LogP contribution in [0.5, 0.6) is 0 Å². The Morgan fingerprint density at radius 1 is 1.55 bits per heavy atom. The molecule has 0 heterocycles. The summed E-state index contributed by atoms with van der Waals surface area (Å²) in [7, 11) is 0. The number of hydrogen-bond acceptors (Lipinski definition) is 3. The quantitative estimate of drug-likeness (QED) is 0.593. The van der Waals surface area contributed by atoms with Crippen LogP contribution < -0.4 is 5.32 Å². The average molecular weight is 177 g/mol. The molecule has 3 heteroatoms. The first kappa shape index (κ1) is 11.3. The number of hydrogen-bond donors (Lipinski definition) is 1. The summed E-state index contributed by atoms with van der Waals surface area (Å²) in [5.41, 5.74) is 0. The summed E-state index contributed by atoms with van der Waals surface area (Å²) in [4.78, 5) is 0. The fourth-order valence-corrected chi connectivity index (χ4v) is 1.08. The highest BCUT2D eigenvalue weighted by Gasteiger charge is 1.98. The molecule has 1 unspecified atom stereocenters. The van der Waals surface area contributed by atoms with Crippen LogP contribution in [-0.2, 0) is 4.74 Å². The lowest BCUT2D eigenvalue weighted by atomic mass is 10.3. The van der Waals surface area contributed by atoms with Crippen molar-refractivity contribution in [3.63, 3.8) is 0 Å². The maximum Gasteiger partial charge on any atom is 0.0616 e. The van der Waals surface area contributed by atoms with Crippen LogP contribution in [0.4, 0.5) is 0 Å². The Morgan fingerprint density at radius 2 is 2.27 bits per heavy atom. The van der Waals surface area contributed by atoms with Crippen molar-refractivity contribution in [1.29, 1.82) is 0 Å². The Bertz CT molecular complexity index is 80.5. The Labute approximate surface area is 74.1 Å². The van der Waals surface area contributed by atoms with E-state index in [1.165, 1.54) is 5.75 Å². The van der Waals surface area contributed by atoms with E-state index in [-0.39, 0.29) is 0 Å². The largest absolute Gasteiger partial charge is 0.380 e. The van der Waals surface area contributed by atoms with Gasteiger partial charge < -0.3 is 10.1 Å². The Balaban J connectivity index is 3.02. The maximum absolute atomic E-state index is 5.26. The van der Waals surface area contributed by atoms with Crippen molar-refractivity contribution >= 4 is 11.8 Å². The summed E-state index contributed by atoms with van der Waals surface area (Å²) in [5, 5.41) is 3.37. The van der Waals surface area contributed by atoms with Crippen LogP contribution >= 0.6 is 11.8 Å². The smallest absolute Gasteiger partial charge is 0.0616 e. The molecule has 0 spiro atoms. The molecule has 0 aliphatic heterocycles. The van der Waals surface area contributed by atoms with Crippen molar-refractivity contribution in [2.75, 3.05) is 31.8 Å². The lowest BCUT2D eigenvalue weighted by Gasteiger charge is -2.12. The summed E-state index contributed by atoms with van der Waals surface area (Å²) in [6.07, 6.45) is 2.12. The average Bonchev–Trinajstić information content (AvgIpc) is 2.01. The normalized spacial score (nSPS) is 13.4. The van der Waals surface area contributed by atoms with Crippen molar-refractivity contribution in [3.8, 4) is 0 Å². The highest BCUT2D eigenvalue weighted by Crippen LogP contribution is 1.89. The van der Waals surface area contributed by atoms with E-state index in [2.05, 4.69) is 18.5 Å². The molecule has 11 heavy (non-hydrogen) atoms. The molecular weight excluding hydrogens is 158 g/mol. The van der Waals surface area contributed by atoms with Gasteiger partial charge in [0.2, 0.25) is 0 Å². The van der Waals surface area contributed by atoms with Gasteiger partial charge in [0.1, 0.15) is 0 Å². The van der Waals surface area contributed by atoms with E-state index in [9.17, 15) is 0 Å². The third kappa shape index (κ3) is 8.17. The van der Waals surface area contributed by atoms with Gasteiger partial charge in [-0.2, -0.15) is 11.8 Å². The zero-order chi connectivity index (χ0) is 8.53. The summed E-state index contributed by atoms with van der Waals surface area (Å²) < 4.78 is 5.26. The van der Waals surface area contributed by atoms with Crippen molar-refractivity contribution in [3.05, 3.63) is 0 Å². The van der Waals surface area contributed by atoms with Gasteiger partial charge in [-0.3, -0.25) is 0 Å². The highest BCUT2D eigenvalue weighted by molar-refractivity contribution is 7.98. The maximum atomic E-state index is 5.26. The van der Waals surface area contributed by atoms with Crippen LogP contribution in [0.1, 0.15) is 13.8 Å². The minimum absolute atomic E-state index is 0.488. The van der Waals surface area contributed by atoms with E-state index >= 15 is 0 Å². The molecule has 0 amide bonds. The molecule has 0 aromatic heterocycles. The highest BCUT2D eigenvalue weighted by atomic mass is 32.2. The second-order valence-electron chi connectivity index (χ2n) is 2.51. The van der Waals surface area contributed by atoms with Gasteiger partial charge in [0.05, 0.1) is 6.61 Å². The Hall–Kier alpha value is 0.270. The van der Waals surface area contributed by atoms with Crippen molar-refractivity contribution in [2.45, 2.75) is 19.9 Å². The predicted molar refractivity (Wildman–Crippen MR) is 52.3 cm³/mol. The second-order valence-corrected chi connectivity index (χ2v) is 3.49. The van der Waals surface area contributed by atoms with Crippen LogP contribution in [0, 0.1) is 0 Å². The first-order valence-electron chi connectivity index (χ1n) is 4.11. The lowest BCUT2D eigenvalue weighted by molar-refractivity contribution is 0.128. The van der Waals surface area contributed by atoms with Gasteiger partial charge in [-0.15, -0.1) is 0 Å². The summed E-state index contributed by atoms with van der Waals surface area (Å²) in [6, 6.07) is 0.488. The SMILES string of the molecule is CCOCC(C)NCCSC. The lowest BCUT2D eigenvalue weighted by Crippen LogP contribution is -2.32. The molecule has 1 N–H and O–H groups in total. The molecule has 1 atom stereocenters. The molecule has 0 fully saturated rings. The summed E-state index contributed by atoms with van der Waals surface area (Å²) in [5.74, 6) is 1.18. The van der Waals surface area contributed by atoms with Gasteiger partial charge >= 0.3 is 0 Å². The third-order valence-electron chi connectivity index (χ3n) is 1.37. The zero-order valence-corrected chi connectivity index (χ0v) is 8.54. The van der Waals surface area contributed by atoms with E-state index < -0.39 is 0 Å². The van der Waals surface area contributed by atoms with Crippen molar-refractivity contribution < 1.29 is 4.74 Å². The summed E-state index contributed by atoms with van der Waals surface area (Å²) in [6.45, 7) is 6.89. The molecule has 0 aromatic carbocycles. The molecule has 0 saturated carbocycles. The van der Waals surface area contributed by atoms with E-state index in [1.807, 2.05) is 18.7 Å². The van der Waals surface area contributed by atoms with Crippen molar-refractivity contribution in [1.82, 2.24) is 5.32 Å². The number of ether oxygens (including phenoxy) is 1. The molecule has 0 rings (SSSR count). The van der Waals surface area contributed by atoms with Crippen LogP contribution in [0.15, 0.2) is 0 Å². The van der Waals surface area contributed by atoms with Gasteiger partial charge in [0.25, 0.3) is 0 Å². The standard InChI is InChI=1S/C8H19NOS/c1-4-10-7-8(2)9-5-6-11-3/h8-9H,4-7H2,1-3H3. The number of thioether (sulfide) groups is 1. The zero-order valence-electron chi connectivity index (χ0n) is 7.72. The fourth-order valence-electron chi connectivity index (χ4n) is 0.761. The molecule has 2 nitrogen and oxygen atoms in total. The first-order valence-corrected chi connectivity index (χ1v) is 5.50. The minimum atomic E-state index is 0.488. The Morgan fingerprint density at radius 3 is 2.82 bits per heavy atom. The van der Waals surface area contributed by atoms with Crippen LogP contribution in [-0.4, -0.2) is 37.8 Å². The van der Waals surface area contributed by atoms with Crippen LogP contribution in [0.2, 0.25) is 0 Å². The molecule has 0 bridgehead atoms. The van der Waals surface area contributed by atoms with Gasteiger partial charge in [-0.25, -0.2) is 0 Å². The van der Waals surface area contributed by atoms with E-state index in [4.69, 9.17) is 4.74 Å². The van der Waals surface area contributed by atoms with E-state index in [0.717, 1.165) is 19.8 Å². The molecule has 68 valence electrons. The van der Waals surface area contributed by atoms with Crippen molar-refractivity contribution in [2.24, 2.45) is 0 Å². The predicted octanol–water partition coefficient (Wildman–Crippen LogP) is 1.36. The number of rotatable bonds is 7. The van der Waals surface area contributed by atoms with E-state index in [1.54, 1.807) is 0 Å². The van der Waals surface area contributed by atoms with Crippen LogP contribution in [0.25, 0.3) is 0 Å². The second kappa shape index (κ2) is 8.37. The number of nitrogens with one attached hydrogen (secondary N) is 1. The third-order valence-corrected chi connectivity index (χ3v) is 1.98. The van der Waals surface area contributed by atoms with Gasteiger partial charge in [0.15, 0.2) is 0 Å².